The van der Waals surface area contributed by atoms with Crippen LogP contribution in [-0.4, -0.2) is 9.55 Å². The molecule has 0 aliphatic rings. The topological polar surface area (TPSA) is 43.8 Å². The fourth-order valence-electron chi connectivity index (χ4n) is 1.59. The standard InChI is InChI=1S/C11H10F3N3/c12-11(13,14)9-4-2-1-3-8(9)7-17-6-5-16-10(17)15/h1-6H,7H2,(H2,15,16). The monoisotopic (exact) mass is 241 g/mol. The van der Waals surface area contributed by atoms with Gasteiger partial charge < -0.3 is 10.3 Å². The van der Waals surface area contributed by atoms with Crippen molar-refractivity contribution in [1.29, 1.82) is 0 Å². The van der Waals surface area contributed by atoms with Crippen LogP contribution in [0, 0.1) is 0 Å². The number of alkyl halides is 3. The first-order chi connectivity index (χ1) is 7.98. The minimum absolute atomic E-state index is 0.0571. The van der Waals surface area contributed by atoms with Crippen LogP contribution in [0.25, 0.3) is 0 Å². The molecule has 0 unspecified atom stereocenters. The van der Waals surface area contributed by atoms with Crippen molar-refractivity contribution < 1.29 is 13.2 Å². The largest absolute Gasteiger partial charge is 0.416 e. The quantitative estimate of drug-likeness (QED) is 0.878. The summed E-state index contributed by atoms with van der Waals surface area (Å²) in [4.78, 5) is 3.76. The minimum Gasteiger partial charge on any atom is -0.369 e. The van der Waals surface area contributed by atoms with Gasteiger partial charge in [0.2, 0.25) is 0 Å². The smallest absolute Gasteiger partial charge is 0.369 e. The summed E-state index contributed by atoms with van der Waals surface area (Å²) >= 11 is 0. The molecule has 90 valence electrons. The van der Waals surface area contributed by atoms with Gasteiger partial charge in [-0.05, 0) is 11.6 Å². The Morgan fingerprint density at radius 1 is 1.24 bits per heavy atom. The average molecular weight is 241 g/mol. The van der Waals surface area contributed by atoms with Crippen LogP contribution in [0.1, 0.15) is 11.1 Å². The van der Waals surface area contributed by atoms with Crippen molar-refractivity contribution in [3.63, 3.8) is 0 Å². The molecule has 0 fully saturated rings. The van der Waals surface area contributed by atoms with Crippen LogP contribution in [-0.2, 0) is 12.7 Å². The highest BCUT2D eigenvalue weighted by molar-refractivity contribution is 5.31. The van der Waals surface area contributed by atoms with Crippen LogP contribution in [0.4, 0.5) is 19.1 Å². The number of benzene rings is 1. The van der Waals surface area contributed by atoms with E-state index in [0.29, 0.717) is 0 Å². The van der Waals surface area contributed by atoms with Crippen LogP contribution >= 0.6 is 0 Å². The highest BCUT2D eigenvalue weighted by Gasteiger charge is 2.32. The Kier molecular flexibility index (Phi) is 2.79. The van der Waals surface area contributed by atoms with Crippen LogP contribution in [0.3, 0.4) is 0 Å². The Morgan fingerprint density at radius 2 is 1.94 bits per heavy atom. The Hall–Kier alpha value is -1.98. The maximum Gasteiger partial charge on any atom is 0.416 e. The third-order valence-electron chi connectivity index (χ3n) is 2.41. The molecule has 3 nitrogen and oxygen atoms in total. The second kappa shape index (κ2) is 4.12. The molecule has 17 heavy (non-hydrogen) atoms. The van der Waals surface area contributed by atoms with Crippen molar-refractivity contribution in [2.24, 2.45) is 0 Å². The van der Waals surface area contributed by atoms with Crippen LogP contribution in [0.15, 0.2) is 36.7 Å². The number of hydrogen-bond acceptors (Lipinski definition) is 2. The molecule has 0 saturated carbocycles. The minimum atomic E-state index is -4.36. The third kappa shape index (κ3) is 2.41. The molecule has 0 radical (unpaired) electrons. The molecule has 0 spiro atoms. The zero-order chi connectivity index (χ0) is 12.5. The number of aromatic nitrogens is 2. The van der Waals surface area contributed by atoms with Gasteiger partial charge in [-0.25, -0.2) is 4.98 Å². The lowest BCUT2D eigenvalue weighted by Crippen LogP contribution is -2.12. The summed E-state index contributed by atoms with van der Waals surface area (Å²) in [7, 11) is 0. The summed E-state index contributed by atoms with van der Waals surface area (Å²) in [5.74, 6) is 0.196. The van der Waals surface area contributed by atoms with Gasteiger partial charge in [-0.1, -0.05) is 18.2 Å². The van der Waals surface area contributed by atoms with E-state index in [4.69, 9.17) is 5.73 Å². The fourth-order valence-corrected chi connectivity index (χ4v) is 1.59. The van der Waals surface area contributed by atoms with Gasteiger partial charge in [0.1, 0.15) is 0 Å². The number of rotatable bonds is 2. The molecular weight excluding hydrogens is 231 g/mol. The molecule has 1 heterocycles. The second-order valence-corrected chi connectivity index (χ2v) is 3.57. The Bertz CT molecular complexity index is 517. The Morgan fingerprint density at radius 3 is 2.53 bits per heavy atom. The van der Waals surface area contributed by atoms with Gasteiger partial charge in [0, 0.05) is 12.4 Å². The van der Waals surface area contributed by atoms with Gasteiger partial charge in [0.05, 0.1) is 12.1 Å². The van der Waals surface area contributed by atoms with Crippen molar-refractivity contribution in [2.75, 3.05) is 5.73 Å². The van der Waals surface area contributed by atoms with E-state index in [2.05, 4.69) is 4.98 Å². The summed E-state index contributed by atoms with van der Waals surface area (Å²) in [6, 6.07) is 5.42. The van der Waals surface area contributed by atoms with Crippen molar-refractivity contribution in [1.82, 2.24) is 9.55 Å². The predicted molar refractivity (Wildman–Crippen MR) is 57.2 cm³/mol. The fraction of sp³-hybridized carbons (Fsp3) is 0.182. The van der Waals surface area contributed by atoms with Crippen molar-refractivity contribution in [3.8, 4) is 0 Å². The molecule has 0 aliphatic carbocycles. The van der Waals surface area contributed by atoms with E-state index in [1.165, 1.54) is 22.9 Å². The number of halogens is 3. The Balaban J connectivity index is 2.37. The summed E-state index contributed by atoms with van der Waals surface area (Å²) in [5.41, 5.74) is 5.04. The summed E-state index contributed by atoms with van der Waals surface area (Å²) in [6.45, 7) is 0.0571. The first-order valence-electron chi connectivity index (χ1n) is 4.90. The molecule has 2 aromatic rings. The van der Waals surface area contributed by atoms with Crippen molar-refractivity contribution in [3.05, 3.63) is 47.8 Å². The molecule has 2 N–H and O–H groups in total. The SMILES string of the molecule is Nc1nccn1Cc1ccccc1C(F)(F)F. The molecule has 1 aromatic carbocycles. The highest BCUT2D eigenvalue weighted by Crippen LogP contribution is 2.32. The van der Waals surface area contributed by atoms with Gasteiger partial charge in [-0.3, -0.25) is 0 Å². The van der Waals surface area contributed by atoms with E-state index in [9.17, 15) is 13.2 Å². The average Bonchev–Trinajstić information content (AvgIpc) is 2.64. The van der Waals surface area contributed by atoms with Gasteiger partial charge in [-0.15, -0.1) is 0 Å². The molecule has 0 atom stereocenters. The van der Waals surface area contributed by atoms with Crippen molar-refractivity contribution >= 4 is 5.95 Å². The molecule has 0 aliphatic heterocycles. The lowest BCUT2D eigenvalue weighted by atomic mass is 10.1. The first-order valence-corrected chi connectivity index (χ1v) is 4.90. The van der Waals surface area contributed by atoms with E-state index in [0.717, 1.165) is 6.07 Å². The number of imidazole rings is 1. The van der Waals surface area contributed by atoms with Gasteiger partial charge in [0.15, 0.2) is 5.95 Å². The number of hydrogen-bond donors (Lipinski definition) is 1. The van der Waals surface area contributed by atoms with Crippen molar-refractivity contribution in [2.45, 2.75) is 12.7 Å². The van der Waals surface area contributed by atoms with E-state index in [1.807, 2.05) is 0 Å². The Labute approximate surface area is 95.7 Å². The highest BCUT2D eigenvalue weighted by atomic mass is 19.4. The maximum atomic E-state index is 12.7. The lowest BCUT2D eigenvalue weighted by Gasteiger charge is -2.13. The van der Waals surface area contributed by atoms with Crippen LogP contribution < -0.4 is 5.73 Å². The molecule has 0 amide bonds. The first kappa shape index (κ1) is 11.5. The number of nitrogens with two attached hydrogens (primary N) is 1. The predicted octanol–water partition coefficient (Wildman–Crippen LogP) is 2.53. The molecule has 0 saturated heterocycles. The van der Waals surface area contributed by atoms with E-state index in [1.54, 1.807) is 12.3 Å². The zero-order valence-corrected chi connectivity index (χ0v) is 8.78. The third-order valence-corrected chi connectivity index (χ3v) is 2.41. The molecule has 6 heteroatoms. The zero-order valence-electron chi connectivity index (χ0n) is 8.78. The summed E-state index contributed by atoms with van der Waals surface area (Å²) < 4.78 is 39.6. The lowest BCUT2D eigenvalue weighted by molar-refractivity contribution is -0.138. The van der Waals surface area contributed by atoms with Gasteiger partial charge >= 0.3 is 6.18 Å². The summed E-state index contributed by atoms with van der Waals surface area (Å²) in [5, 5.41) is 0. The number of nitrogen functional groups attached to an aromatic ring is 1. The normalized spacial score (nSPS) is 11.7. The molecule has 2 rings (SSSR count). The number of anilines is 1. The summed E-state index contributed by atoms with van der Waals surface area (Å²) in [6.07, 6.45) is -1.36. The molecule has 0 bridgehead atoms. The van der Waals surface area contributed by atoms with E-state index in [-0.39, 0.29) is 18.1 Å². The van der Waals surface area contributed by atoms with Crippen LogP contribution in [0.5, 0.6) is 0 Å². The molecular formula is C11H10F3N3. The molecule has 1 aromatic heterocycles. The van der Waals surface area contributed by atoms with Gasteiger partial charge in [0.25, 0.3) is 0 Å². The second-order valence-electron chi connectivity index (χ2n) is 3.57. The number of nitrogens with zero attached hydrogens (tertiary/aromatic N) is 2. The van der Waals surface area contributed by atoms with E-state index >= 15 is 0 Å². The van der Waals surface area contributed by atoms with E-state index < -0.39 is 11.7 Å². The maximum absolute atomic E-state index is 12.7. The van der Waals surface area contributed by atoms with Crippen LogP contribution in [0.2, 0.25) is 0 Å². The van der Waals surface area contributed by atoms with Gasteiger partial charge in [-0.2, -0.15) is 13.2 Å².